The number of ether oxygens (including phenoxy) is 1. The maximum Gasteiger partial charge on any atom is 0.331 e. The van der Waals surface area contributed by atoms with E-state index in [1.807, 2.05) is 37.3 Å². The summed E-state index contributed by atoms with van der Waals surface area (Å²) in [5, 5.41) is 5.77. The van der Waals surface area contributed by atoms with E-state index in [4.69, 9.17) is 4.74 Å². The van der Waals surface area contributed by atoms with Gasteiger partial charge in [0.25, 0.3) is 0 Å². The maximum absolute atomic E-state index is 13.9. The van der Waals surface area contributed by atoms with E-state index in [2.05, 4.69) is 25.3 Å². The number of amides is 1. The Hall–Kier alpha value is -3.87. The van der Waals surface area contributed by atoms with Crippen LogP contribution >= 0.6 is 0 Å². The monoisotopic (exact) mass is 595 g/mol. The van der Waals surface area contributed by atoms with Gasteiger partial charge in [0.1, 0.15) is 17.0 Å². The number of piperidine rings is 1. The van der Waals surface area contributed by atoms with E-state index in [-0.39, 0.29) is 29.3 Å². The summed E-state index contributed by atoms with van der Waals surface area (Å²) in [7, 11) is -4.39. The van der Waals surface area contributed by atoms with E-state index in [9.17, 15) is 22.8 Å². The van der Waals surface area contributed by atoms with E-state index < -0.39 is 34.0 Å². The first-order valence-electron chi connectivity index (χ1n) is 14.2. The number of sulfonamides is 1. The van der Waals surface area contributed by atoms with Crippen molar-refractivity contribution < 1.29 is 27.5 Å². The van der Waals surface area contributed by atoms with E-state index in [1.54, 1.807) is 25.4 Å². The van der Waals surface area contributed by atoms with Gasteiger partial charge in [-0.25, -0.2) is 23.0 Å². The Balaban J connectivity index is 1.63. The van der Waals surface area contributed by atoms with Crippen molar-refractivity contribution in [2.75, 3.05) is 11.9 Å². The quantitative estimate of drug-likeness (QED) is 0.183. The number of aromatic nitrogens is 2. The molecule has 0 saturated carbocycles. The number of imidazole rings is 1. The number of hydrogen-bond donors (Lipinski definition) is 4. The highest BCUT2D eigenvalue weighted by atomic mass is 32.2. The van der Waals surface area contributed by atoms with Gasteiger partial charge in [-0.1, -0.05) is 55.8 Å². The van der Waals surface area contributed by atoms with Crippen LogP contribution in [-0.2, 0) is 35.6 Å². The van der Waals surface area contributed by atoms with E-state index in [0.29, 0.717) is 36.9 Å². The zero-order chi connectivity index (χ0) is 30.1. The summed E-state index contributed by atoms with van der Waals surface area (Å²) in [5.74, 6) is -2.08. The summed E-state index contributed by atoms with van der Waals surface area (Å²) in [4.78, 5) is 45.5. The van der Waals surface area contributed by atoms with Gasteiger partial charge in [0.05, 0.1) is 17.7 Å². The van der Waals surface area contributed by atoms with E-state index >= 15 is 0 Å². The number of rotatable bonds is 12. The molecule has 0 aliphatic carbocycles. The highest BCUT2D eigenvalue weighted by Gasteiger charge is 2.33. The molecule has 0 bridgehead atoms. The van der Waals surface area contributed by atoms with Crippen LogP contribution < -0.4 is 15.4 Å². The third-order valence-electron chi connectivity index (χ3n) is 7.20. The minimum absolute atomic E-state index is 0.0603. The molecule has 0 spiro atoms. The molecule has 1 saturated heterocycles. The summed E-state index contributed by atoms with van der Waals surface area (Å²) in [6.45, 7) is 4.17. The molecule has 2 aromatic carbocycles. The van der Waals surface area contributed by atoms with E-state index in [1.165, 1.54) is 6.07 Å². The van der Waals surface area contributed by atoms with Crippen molar-refractivity contribution in [3.8, 4) is 11.1 Å². The molecular weight excluding hydrogens is 558 g/mol. The number of para-hydroxylation sites is 1. The molecule has 4 rings (SSSR count). The molecule has 11 nitrogen and oxygen atoms in total. The van der Waals surface area contributed by atoms with Gasteiger partial charge in [-0.2, -0.15) is 4.72 Å². The SMILES string of the molecule is CCC(=O)Nc1c(-c2ccccc2)cccc1S(=O)(=O)NC(CCCc1nc[nH]c1C)C(=O)OC(=O)C1CCCCN1. The van der Waals surface area contributed by atoms with Crippen molar-refractivity contribution in [3.05, 3.63) is 66.2 Å². The number of esters is 2. The van der Waals surface area contributed by atoms with Crippen molar-refractivity contribution in [1.29, 1.82) is 0 Å². The van der Waals surface area contributed by atoms with E-state index in [0.717, 1.165) is 24.2 Å². The topological polar surface area (TPSA) is 159 Å². The Labute approximate surface area is 245 Å². The molecule has 1 amide bonds. The van der Waals surface area contributed by atoms with Crippen molar-refractivity contribution in [1.82, 2.24) is 20.0 Å². The Bertz CT molecular complexity index is 1500. The van der Waals surface area contributed by atoms with Gasteiger partial charge in [0.2, 0.25) is 15.9 Å². The zero-order valence-electron chi connectivity index (χ0n) is 23.8. The molecule has 3 aromatic rings. The number of carbonyl (C=O) groups is 3. The summed E-state index contributed by atoms with van der Waals surface area (Å²) >= 11 is 0. The molecule has 1 fully saturated rings. The largest absolute Gasteiger partial charge is 0.391 e. The number of nitrogens with zero attached hydrogens (tertiary/aromatic N) is 1. The van der Waals surface area contributed by atoms with Crippen LogP contribution in [0.25, 0.3) is 11.1 Å². The number of anilines is 1. The normalized spacial score (nSPS) is 16.0. The second kappa shape index (κ2) is 14.3. The molecule has 1 aliphatic heterocycles. The fourth-order valence-electron chi connectivity index (χ4n) is 4.85. The fraction of sp³-hybridized carbons (Fsp3) is 0.400. The molecule has 1 aromatic heterocycles. The summed E-state index contributed by atoms with van der Waals surface area (Å²) in [5.41, 5.74) is 2.99. The number of aryl methyl sites for hydroxylation is 2. The number of hydrogen-bond acceptors (Lipinski definition) is 8. The second-order valence-electron chi connectivity index (χ2n) is 10.2. The smallest absolute Gasteiger partial charge is 0.331 e. The van der Waals surface area contributed by atoms with Crippen LogP contribution in [0.1, 0.15) is 56.8 Å². The molecule has 1 aliphatic rings. The van der Waals surface area contributed by atoms with Crippen molar-refractivity contribution in [2.45, 2.75) is 75.8 Å². The van der Waals surface area contributed by atoms with Gasteiger partial charge < -0.3 is 20.4 Å². The third-order valence-corrected chi connectivity index (χ3v) is 8.72. The Morgan fingerprint density at radius 3 is 2.55 bits per heavy atom. The lowest BCUT2D eigenvalue weighted by Crippen LogP contribution is -2.46. The lowest BCUT2D eigenvalue weighted by Gasteiger charge is -2.23. The number of benzene rings is 2. The first-order chi connectivity index (χ1) is 20.2. The fourth-order valence-corrected chi connectivity index (χ4v) is 6.26. The van der Waals surface area contributed by atoms with Gasteiger partial charge in [-0.3, -0.25) is 4.79 Å². The lowest BCUT2D eigenvalue weighted by molar-refractivity contribution is -0.162. The van der Waals surface area contributed by atoms with Gasteiger partial charge >= 0.3 is 11.9 Å². The summed E-state index contributed by atoms with van der Waals surface area (Å²) in [6.07, 6.45) is 4.93. The molecule has 42 heavy (non-hydrogen) atoms. The zero-order valence-corrected chi connectivity index (χ0v) is 24.6. The third kappa shape index (κ3) is 7.90. The maximum atomic E-state index is 13.9. The van der Waals surface area contributed by atoms with Crippen LogP contribution in [0.15, 0.2) is 59.8 Å². The van der Waals surface area contributed by atoms with Crippen LogP contribution in [0.5, 0.6) is 0 Å². The standard InChI is InChI=1S/C30H37N5O6S/c1-3-27(36)34-28-22(21-11-5-4-6-12-21)13-9-17-26(28)42(39,40)35-25(16-10-15-23-20(2)32-19-33-23)30(38)41-29(37)24-14-7-8-18-31-24/h4-6,9,11-13,17,19,24-25,31,35H,3,7-8,10,14-16,18H2,1-2H3,(H,32,33)(H,34,36). The average molecular weight is 596 g/mol. The Kier molecular flexibility index (Phi) is 10.6. The van der Waals surface area contributed by atoms with Gasteiger partial charge in [-0.05, 0) is 57.2 Å². The van der Waals surface area contributed by atoms with Crippen LogP contribution in [0.2, 0.25) is 0 Å². The number of aromatic amines is 1. The number of nitrogens with one attached hydrogen (secondary N) is 4. The molecule has 4 N–H and O–H groups in total. The Morgan fingerprint density at radius 2 is 1.88 bits per heavy atom. The molecule has 2 unspecified atom stereocenters. The van der Waals surface area contributed by atoms with Crippen molar-refractivity contribution in [3.63, 3.8) is 0 Å². The van der Waals surface area contributed by atoms with Crippen molar-refractivity contribution >= 4 is 33.6 Å². The van der Waals surface area contributed by atoms with Crippen LogP contribution in [-0.4, -0.2) is 54.9 Å². The predicted molar refractivity (Wildman–Crippen MR) is 158 cm³/mol. The summed E-state index contributed by atoms with van der Waals surface area (Å²) < 4.78 is 35.4. The van der Waals surface area contributed by atoms with Crippen LogP contribution in [0, 0.1) is 6.92 Å². The van der Waals surface area contributed by atoms with Gasteiger partial charge in [0, 0.05) is 17.7 Å². The van der Waals surface area contributed by atoms with Crippen LogP contribution in [0.4, 0.5) is 5.69 Å². The second-order valence-corrected chi connectivity index (χ2v) is 11.9. The number of carbonyl (C=O) groups excluding carboxylic acids is 3. The minimum atomic E-state index is -4.39. The van der Waals surface area contributed by atoms with Crippen LogP contribution in [0.3, 0.4) is 0 Å². The lowest BCUT2D eigenvalue weighted by atomic mass is 10.0. The molecule has 224 valence electrons. The first kappa shape index (κ1) is 31.1. The van der Waals surface area contributed by atoms with Gasteiger partial charge in [0.15, 0.2) is 0 Å². The van der Waals surface area contributed by atoms with Crippen molar-refractivity contribution in [2.24, 2.45) is 0 Å². The molecule has 2 atom stereocenters. The number of H-pyrrole nitrogens is 1. The molecular formula is C30H37N5O6S. The molecule has 0 radical (unpaired) electrons. The Morgan fingerprint density at radius 1 is 1.10 bits per heavy atom. The first-order valence-corrected chi connectivity index (χ1v) is 15.7. The van der Waals surface area contributed by atoms with Gasteiger partial charge in [-0.15, -0.1) is 0 Å². The predicted octanol–water partition coefficient (Wildman–Crippen LogP) is 3.62. The summed E-state index contributed by atoms with van der Waals surface area (Å²) in [6, 6.07) is 11.8. The minimum Gasteiger partial charge on any atom is -0.391 e. The highest BCUT2D eigenvalue weighted by Crippen LogP contribution is 2.34. The average Bonchev–Trinajstić information content (AvgIpc) is 3.41. The molecule has 2 heterocycles. The molecule has 12 heteroatoms. The highest BCUT2D eigenvalue weighted by molar-refractivity contribution is 7.89.